The van der Waals surface area contributed by atoms with E-state index in [9.17, 15) is 10.2 Å². The number of ether oxygens (including phenoxy) is 1. The highest BCUT2D eigenvalue weighted by atomic mass is 16.5. The summed E-state index contributed by atoms with van der Waals surface area (Å²) in [5.41, 5.74) is 11.0. The standard InChI is InChI=1S/C13H16N6O3/c1-3-13(15)9(21)8(6(2)20)22-11(13)19-5-17-7-4-16-12(14)18-10(7)19/h1,4-6,8-9,11,20-21H,15H2,2H3,(H2,14,16,18)/t6-,8?,9?,11+,13+/m0/s1. The van der Waals surface area contributed by atoms with Gasteiger partial charge in [0.2, 0.25) is 5.95 Å². The van der Waals surface area contributed by atoms with E-state index in [1.165, 1.54) is 24.0 Å². The largest absolute Gasteiger partial charge is 0.391 e. The minimum Gasteiger partial charge on any atom is -0.391 e. The van der Waals surface area contributed by atoms with Crippen molar-refractivity contribution in [3.8, 4) is 12.3 Å². The van der Waals surface area contributed by atoms with Crippen molar-refractivity contribution in [2.75, 3.05) is 5.73 Å². The molecule has 3 heterocycles. The lowest BCUT2D eigenvalue weighted by Crippen LogP contribution is -2.54. The number of nitrogen functional groups attached to an aromatic ring is 1. The Morgan fingerprint density at radius 3 is 2.91 bits per heavy atom. The molecule has 0 saturated carbocycles. The summed E-state index contributed by atoms with van der Waals surface area (Å²) in [6.07, 6.45) is 4.31. The molecule has 0 amide bonds. The van der Waals surface area contributed by atoms with E-state index in [0.29, 0.717) is 11.2 Å². The molecule has 9 nitrogen and oxygen atoms in total. The van der Waals surface area contributed by atoms with Crippen LogP contribution in [-0.2, 0) is 4.74 Å². The van der Waals surface area contributed by atoms with Gasteiger partial charge in [0.1, 0.15) is 17.7 Å². The van der Waals surface area contributed by atoms with E-state index in [2.05, 4.69) is 20.9 Å². The molecule has 1 saturated heterocycles. The number of hydrogen-bond donors (Lipinski definition) is 4. The number of rotatable bonds is 2. The minimum atomic E-state index is -1.55. The van der Waals surface area contributed by atoms with Gasteiger partial charge >= 0.3 is 0 Å². The molecule has 22 heavy (non-hydrogen) atoms. The van der Waals surface area contributed by atoms with Gasteiger partial charge in [-0.2, -0.15) is 4.98 Å². The zero-order chi connectivity index (χ0) is 16.1. The molecule has 116 valence electrons. The summed E-state index contributed by atoms with van der Waals surface area (Å²) in [4.78, 5) is 12.1. The van der Waals surface area contributed by atoms with Crippen LogP contribution in [0.4, 0.5) is 5.95 Å². The van der Waals surface area contributed by atoms with Crippen molar-refractivity contribution in [2.24, 2.45) is 5.73 Å². The molecule has 0 radical (unpaired) electrons. The van der Waals surface area contributed by atoms with Gasteiger partial charge in [0.25, 0.3) is 0 Å². The molecule has 9 heteroatoms. The Hall–Kier alpha value is -2.25. The summed E-state index contributed by atoms with van der Waals surface area (Å²) < 4.78 is 7.17. The van der Waals surface area contributed by atoms with Crippen LogP contribution in [0.1, 0.15) is 13.2 Å². The maximum atomic E-state index is 10.3. The van der Waals surface area contributed by atoms with Crippen LogP contribution in [0.5, 0.6) is 0 Å². The Kier molecular flexibility index (Phi) is 3.26. The third-order valence-electron chi connectivity index (χ3n) is 3.81. The van der Waals surface area contributed by atoms with Crippen LogP contribution < -0.4 is 11.5 Å². The number of nitrogens with two attached hydrogens (primary N) is 2. The summed E-state index contributed by atoms with van der Waals surface area (Å²) in [5.74, 6) is 2.42. The predicted octanol–water partition coefficient (Wildman–Crippen LogP) is -1.62. The van der Waals surface area contributed by atoms with Crippen LogP contribution in [0.3, 0.4) is 0 Å². The predicted molar refractivity (Wildman–Crippen MR) is 77.1 cm³/mol. The van der Waals surface area contributed by atoms with E-state index in [1.807, 2.05) is 0 Å². The van der Waals surface area contributed by atoms with Gasteiger partial charge in [-0.25, -0.2) is 9.97 Å². The van der Waals surface area contributed by atoms with Crippen molar-refractivity contribution >= 4 is 17.1 Å². The molecule has 2 aromatic rings. The number of fused-ring (bicyclic) bond motifs is 1. The van der Waals surface area contributed by atoms with Gasteiger partial charge < -0.3 is 26.4 Å². The van der Waals surface area contributed by atoms with Crippen molar-refractivity contribution < 1.29 is 14.9 Å². The van der Waals surface area contributed by atoms with Gasteiger partial charge in [0, 0.05) is 0 Å². The highest BCUT2D eigenvalue weighted by molar-refractivity contribution is 5.70. The summed E-state index contributed by atoms with van der Waals surface area (Å²) in [7, 11) is 0. The smallest absolute Gasteiger partial charge is 0.222 e. The number of aliphatic hydroxyl groups excluding tert-OH is 2. The van der Waals surface area contributed by atoms with Crippen LogP contribution in [0.25, 0.3) is 11.2 Å². The molecule has 1 fully saturated rings. The second kappa shape index (κ2) is 4.89. The Balaban J connectivity index is 2.13. The normalized spacial score (nSPS) is 33.0. The summed E-state index contributed by atoms with van der Waals surface area (Å²) in [6.45, 7) is 1.49. The summed E-state index contributed by atoms with van der Waals surface area (Å²) >= 11 is 0. The molecule has 0 aliphatic carbocycles. The van der Waals surface area contributed by atoms with Gasteiger partial charge in [-0.05, 0) is 6.92 Å². The lowest BCUT2D eigenvalue weighted by molar-refractivity contribution is -0.0756. The molecule has 6 N–H and O–H groups in total. The SMILES string of the molecule is C#C[C@@]1(N)C(O)C([C@H](C)O)O[C@H]1n1cnc2cnc(N)nc21. The molecule has 1 aliphatic heterocycles. The Morgan fingerprint density at radius 2 is 2.27 bits per heavy atom. The van der Waals surface area contributed by atoms with E-state index < -0.39 is 30.1 Å². The first-order chi connectivity index (χ1) is 10.4. The fourth-order valence-electron chi connectivity index (χ4n) is 2.60. The highest BCUT2D eigenvalue weighted by Gasteiger charge is 2.55. The van der Waals surface area contributed by atoms with Crippen LogP contribution in [-0.4, -0.2) is 53.6 Å². The average Bonchev–Trinajstić information content (AvgIpc) is 2.99. The Bertz CT molecular complexity index is 754. The maximum Gasteiger partial charge on any atom is 0.222 e. The summed E-state index contributed by atoms with van der Waals surface area (Å²) in [6, 6.07) is 0. The monoisotopic (exact) mass is 304 g/mol. The molecule has 0 aromatic carbocycles. The van der Waals surface area contributed by atoms with E-state index in [-0.39, 0.29) is 5.95 Å². The number of anilines is 1. The number of nitrogens with zero attached hydrogens (tertiary/aromatic N) is 4. The topological polar surface area (TPSA) is 145 Å². The molecular weight excluding hydrogens is 288 g/mol. The first-order valence-corrected chi connectivity index (χ1v) is 6.61. The minimum absolute atomic E-state index is 0.0585. The quantitative estimate of drug-likeness (QED) is 0.484. The van der Waals surface area contributed by atoms with E-state index in [1.54, 1.807) is 0 Å². The molecule has 5 atom stereocenters. The molecule has 2 unspecified atom stereocenters. The number of terminal acetylenes is 1. The zero-order valence-corrected chi connectivity index (χ0v) is 11.8. The lowest BCUT2D eigenvalue weighted by atomic mass is 9.90. The average molecular weight is 304 g/mol. The zero-order valence-electron chi connectivity index (χ0n) is 11.8. The molecule has 1 aliphatic rings. The van der Waals surface area contributed by atoms with Crippen molar-refractivity contribution in [1.82, 2.24) is 19.5 Å². The number of aromatic nitrogens is 4. The van der Waals surface area contributed by atoms with Crippen LogP contribution in [0.15, 0.2) is 12.5 Å². The maximum absolute atomic E-state index is 10.3. The van der Waals surface area contributed by atoms with E-state index >= 15 is 0 Å². The van der Waals surface area contributed by atoms with Crippen molar-refractivity contribution in [2.45, 2.75) is 37.0 Å². The Labute approximate surface area is 125 Å². The van der Waals surface area contributed by atoms with Crippen molar-refractivity contribution in [1.29, 1.82) is 0 Å². The summed E-state index contributed by atoms with van der Waals surface area (Å²) in [5, 5.41) is 20.1. The highest BCUT2D eigenvalue weighted by Crippen LogP contribution is 2.38. The van der Waals surface area contributed by atoms with Crippen LogP contribution >= 0.6 is 0 Å². The fourth-order valence-corrected chi connectivity index (χ4v) is 2.60. The Morgan fingerprint density at radius 1 is 1.55 bits per heavy atom. The first kappa shape index (κ1) is 14.7. The van der Waals surface area contributed by atoms with Gasteiger partial charge in [-0.15, -0.1) is 6.42 Å². The lowest BCUT2D eigenvalue weighted by Gasteiger charge is -2.27. The molecule has 3 rings (SSSR count). The second-order valence-corrected chi connectivity index (χ2v) is 5.30. The third kappa shape index (κ3) is 1.93. The van der Waals surface area contributed by atoms with Crippen molar-refractivity contribution in [3.63, 3.8) is 0 Å². The molecule has 2 aromatic heterocycles. The second-order valence-electron chi connectivity index (χ2n) is 5.30. The molecule has 0 bridgehead atoms. The first-order valence-electron chi connectivity index (χ1n) is 6.61. The van der Waals surface area contributed by atoms with E-state index in [4.69, 9.17) is 22.6 Å². The van der Waals surface area contributed by atoms with Crippen molar-refractivity contribution in [3.05, 3.63) is 12.5 Å². The number of hydrogen-bond acceptors (Lipinski definition) is 8. The van der Waals surface area contributed by atoms with E-state index in [0.717, 1.165) is 0 Å². The van der Waals surface area contributed by atoms with Gasteiger partial charge in [0.05, 0.1) is 18.6 Å². The fraction of sp³-hybridized carbons (Fsp3) is 0.462. The van der Waals surface area contributed by atoms with Gasteiger partial charge in [0.15, 0.2) is 17.4 Å². The van der Waals surface area contributed by atoms with Crippen LogP contribution in [0, 0.1) is 12.3 Å². The number of aliphatic hydroxyl groups is 2. The number of imidazole rings is 1. The third-order valence-corrected chi connectivity index (χ3v) is 3.81. The van der Waals surface area contributed by atoms with Gasteiger partial charge in [-0.1, -0.05) is 5.92 Å². The van der Waals surface area contributed by atoms with Gasteiger partial charge in [-0.3, -0.25) is 4.57 Å². The van der Waals surface area contributed by atoms with Crippen LogP contribution in [0.2, 0.25) is 0 Å². The molecular formula is C13H16N6O3. The molecule has 0 spiro atoms.